The molecule has 0 amide bonds. The molecular weight excluding hydrogens is 424 g/mol. The van der Waals surface area contributed by atoms with Crippen molar-refractivity contribution in [2.75, 3.05) is 0 Å². The van der Waals surface area contributed by atoms with Crippen molar-refractivity contribution in [1.82, 2.24) is 14.5 Å². The number of ether oxygens (including phenoxy) is 1. The van der Waals surface area contributed by atoms with Crippen molar-refractivity contribution in [1.29, 1.82) is 0 Å². The van der Waals surface area contributed by atoms with E-state index in [9.17, 15) is 0 Å². The Balaban J connectivity index is 1.81. The molecule has 3 rings (SSSR count). The normalized spacial score (nSPS) is 11.2. The first-order valence-electron chi connectivity index (χ1n) is 6.14. The van der Waals surface area contributed by atoms with Crippen molar-refractivity contribution in [3.63, 3.8) is 0 Å². The summed E-state index contributed by atoms with van der Waals surface area (Å²) in [4.78, 5) is 8.19. The number of rotatable bonds is 4. The molecule has 7 heteroatoms. The Morgan fingerprint density at radius 1 is 1.14 bits per heavy atom. The number of halogens is 3. The van der Waals surface area contributed by atoms with Gasteiger partial charge in [0.1, 0.15) is 17.8 Å². The van der Waals surface area contributed by atoms with Gasteiger partial charge in [-0.25, -0.2) is 9.97 Å². The molecule has 0 unspecified atom stereocenters. The van der Waals surface area contributed by atoms with Crippen LogP contribution in [0.2, 0.25) is 10.4 Å². The predicted octanol–water partition coefficient (Wildman–Crippen LogP) is 4.52. The van der Waals surface area contributed by atoms with E-state index < -0.39 is 0 Å². The lowest BCUT2D eigenvalue weighted by Crippen LogP contribution is -2.02. The highest BCUT2D eigenvalue weighted by Crippen LogP contribution is 2.27. The smallest absolute Gasteiger partial charge is 0.224 e. The van der Waals surface area contributed by atoms with E-state index in [4.69, 9.17) is 27.9 Å². The third-order valence-electron chi connectivity index (χ3n) is 2.94. The summed E-state index contributed by atoms with van der Waals surface area (Å²) in [7, 11) is 0. The van der Waals surface area contributed by atoms with Gasteiger partial charge in [0.15, 0.2) is 5.15 Å². The number of aromatic nitrogens is 3. The maximum absolute atomic E-state index is 6.16. The summed E-state index contributed by atoms with van der Waals surface area (Å²) in [5.74, 6) is 0. The van der Waals surface area contributed by atoms with E-state index >= 15 is 0 Å². The largest absolute Gasteiger partial charge is 0.356 e. The average molecular weight is 434 g/mol. The Morgan fingerprint density at radius 2 is 1.90 bits per heavy atom. The van der Waals surface area contributed by atoms with Crippen LogP contribution < -0.4 is 0 Å². The van der Waals surface area contributed by atoms with Crippen molar-refractivity contribution in [2.45, 2.75) is 13.3 Å². The fourth-order valence-corrected chi connectivity index (χ4v) is 3.23. The van der Waals surface area contributed by atoms with E-state index in [-0.39, 0.29) is 5.28 Å². The highest BCUT2D eigenvalue weighted by atomic mass is 127. The van der Waals surface area contributed by atoms with Crippen LogP contribution in [0.5, 0.6) is 0 Å². The third kappa shape index (κ3) is 3.31. The number of hydrogen-bond acceptors (Lipinski definition) is 3. The van der Waals surface area contributed by atoms with E-state index in [2.05, 4.69) is 32.6 Å². The molecule has 3 aromatic rings. The monoisotopic (exact) mass is 433 g/mol. The van der Waals surface area contributed by atoms with E-state index in [1.54, 1.807) is 0 Å². The van der Waals surface area contributed by atoms with Crippen molar-refractivity contribution in [2.24, 2.45) is 0 Å². The molecule has 4 nitrogen and oxygen atoms in total. The topological polar surface area (TPSA) is 39.9 Å². The van der Waals surface area contributed by atoms with Crippen LogP contribution in [0.1, 0.15) is 5.56 Å². The molecule has 108 valence electrons. The second-order valence-electron chi connectivity index (χ2n) is 4.39. The van der Waals surface area contributed by atoms with Crippen LogP contribution in [0.15, 0.2) is 36.5 Å². The van der Waals surface area contributed by atoms with Gasteiger partial charge in [0.25, 0.3) is 0 Å². The van der Waals surface area contributed by atoms with Gasteiger partial charge in [-0.1, -0.05) is 41.9 Å². The molecule has 0 aliphatic rings. The van der Waals surface area contributed by atoms with Crippen LogP contribution in [0.4, 0.5) is 0 Å². The average Bonchev–Trinajstić information content (AvgIpc) is 2.77. The van der Waals surface area contributed by atoms with Gasteiger partial charge in [-0.3, -0.25) is 0 Å². The zero-order chi connectivity index (χ0) is 14.8. The van der Waals surface area contributed by atoms with E-state index in [0.29, 0.717) is 18.5 Å². The summed E-state index contributed by atoms with van der Waals surface area (Å²) < 4.78 is 8.57. The van der Waals surface area contributed by atoms with E-state index in [1.807, 2.05) is 41.1 Å². The van der Waals surface area contributed by atoms with Crippen LogP contribution in [0.3, 0.4) is 0 Å². The number of fused-ring (bicyclic) bond motifs is 1. The van der Waals surface area contributed by atoms with E-state index in [1.165, 1.54) is 0 Å². The second kappa shape index (κ2) is 6.48. The minimum atomic E-state index is 0.147. The Labute approximate surface area is 145 Å². The quantitative estimate of drug-likeness (QED) is 0.345. The summed E-state index contributed by atoms with van der Waals surface area (Å²) in [6.07, 6.45) is 1.92. The molecule has 0 atom stereocenters. The zero-order valence-electron chi connectivity index (χ0n) is 10.8. The second-order valence-corrected chi connectivity index (χ2v) is 6.25. The molecule has 2 aromatic heterocycles. The Kier molecular flexibility index (Phi) is 4.63. The summed E-state index contributed by atoms with van der Waals surface area (Å²) in [6.45, 7) is 0.905. The van der Waals surface area contributed by atoms with Crippen molar-refractivity contribution in [3.05, 3.63) is 56.1 Å². The molecule has 0 saturated heterocycles. The first-order chi connectivity index (χ1) is 10.1. The number of hydrogen-bond donors (Lipinski definition) is 0. The van der Waals surface area contributed by atoms with Crippen LogP contribution in [-0.4, -0.2) is 14.5 Å². The first kappa shape index (κ1) is 15.0. The number of benzene rings is 1. The van der Waals surface area contributed by atoms with Crippen LogP contribution in [-0.2, 0) is 18.1 Å². The van der Waals surface area contributed by atoms with Gasteiger partial charge in [-0.15, -0.1) is 0 Å². The predicted molar refractivity (Wildman–Crippen MR) is 91.5 cm³/mol. The molecule has 0 spiro atoms. The Bertz CT molecular complexity index is 777. The van der Waals surface area contributed by atoms with Gasteiger partial charge in [0.05, 0.1) is 10.2 Å². The van der Waals surface area contributed by atoms with Gasteiger partial charge >= 0.3 is 0 Å². The summed E-state index contributed by atoms with van der Waals surface area (Å²) in [6, 6.07) is 9.99. The summed E-state index contributed by atoms with van der Waals surface area (Å²) in [5, 5.41) is 0.476. The maximum atomic E-state index is 6.16. The van der Waals surface area contributed by atoms with E-state index in [0.717, 1.165) is 20.2 Å². The molecule has 2 heterocycles. The fourth-order valence-electron chi connectivity index (χ4n) is 2.02. The molecule has 1 aromatic carbocycles. The Hall–Kier alpha value is -0.890. The molecule has 0 fully saturated rings. The minimum Gasteiger partial charge on any atom is -0.356 e. The lowest BCUT2D eigenvalue weighted by Gasteiger charge is -2.07. The highest BCUT2D eigenvalue weighted by molar-refractivity contribution is 14.1. The molecular formula is C14H10Cl2IN3O. The maximum Gasteiger partial charge on any atom is 0.224 e. The van der Waals surface area contributed by atoms with Crippen LogP contribution in [0, 0.1) is 3.57 Å². The molecule has 0 aliphatic heterocycles. The molecule has 0 radical (unpaired) electrons. The van der Waals surface area contributed by atoms with Crippen LogP contribution in [0.25, 0.3) is 11.0 Å². The molecule has 21 heavy (non-hydrogen) atoms. The summed E-state index contributed by atoms with van der Waals surface area (Å²) >= 11 is 14.2. The minimum absolute atomic E-state index is 0.147. The highest BCUT2D eigenvalue weighted by Gasteiger charge is 2.14. The lowest BCUT2D eigenvalue weighted by atomic mass is 10.2. The summed E-state index contributed by atoms with van der Waals surface area (Å²) in [5.41, 5.74) is 2.59. The molecule has 0 N–H and O–H groups in total. The van der Waals surface area contributed by atoms with Gasteiger partial charge in [-0.2, -0.15) is 0 Å². The van der Waals surface area contributed by atoms with Gasteiger partial charge in [-0.05, 0) is 39.8 Å². The molecule has 0 aliphatic carbocycles. The standard InChI is InChI=1S/C14H10Cl2IN3O/c15-13-12-11(18-14(16)19-13)10(17)6-20(12)8-21-7-9-4-2-1-3-5-9/h1-6H,7-8H2. The van der Waals surface area contributed by atoms with Crippen molar-refractivity contribution in [3.8, 4) is 0 Å². The van der Waals surface area contributed by atoms with Gasteiger partial charge in [0, 0.05) is 6.20 Å². The third-order valence-corrected chi connectivity index (χ3v) is 4.16. The van der Waals surface area contributed by atoms with Crippen LogP contribution >= 0.6 is 45.8 Å². The zero-order valence-corrected chi connectivity index (χ0v) is 14.4. The van der Waals surface area contributed by atoms with Crippen molar-refractivity contribution >= 4 is 56.8 Å². The van der Waals surface area contributed by atoms with Crippen molar-refractivity contribution < 1.29 is 4.74 Å². The molecule has 0 saturated carbocycles. The van der Waals surface area contributed by atoms with Gasteiger partial charge in [0.2, 0.25) is 5.28 Å². The SMILES string of the molecule is Clc1nc(Cl)c2c(n1)c(I)cn2COCc1ccccc1. The first-order valence-corrected chi connectivity index (χ1v) is 7.97. The van der Waals surface area contributed by atoms with Gasteiger partial charge < -0.3 is 9.30 Å². The molecule has 0 bridgehead atoms. The Morgan fingerprint density at radius 3 is 2.67 bits per heavy atom. The fraction of sp³-hybridized carbons (Fsp3) is 0.143. The lowest BCUT2D eigenvalue weighted by molar-refractivity contribution is 0.0667. The number of nitrogens with zero attached hydrogens (tertiary/aromatic N) is 3.